The molecular formula is C22H19ClN2O2S. The van der Waals surface area contributed by atoms with Gasteiger partial charge in [0.1, 0.15) is 0 Å². The summed E-state index contributed by atoms with van der Waals surface area (Å²) in [5, 5.41) is 0.485. The molecule has 1 saturated heterocycles. The molecule has 2 unspecified atom stereocenters. The van der Waals surface area contributed by atoms with Crippen molar-refractivity contribution < 1.29 is 9.59 Å². The molecule has 2 heterocycles. The molecule has 5 rings (SSSR count). The third kappa shape index (κ3) is 2.85. The van der Waals surface area contributed by atoms with Gasteiger partial charge in [0.15, 0.2) is 0 Å². The Labute approximate surface area is 173 Å². The Bertz CT molecular complexity index is 991. The molecule has 28 heavy (non-hydrogen) atoms. The maximum absolute atomic E-state index is 13.5. The lowest BCUT2D eigenvalue weighted by Crippen LogP contribution is -2.60. The minimum atomic E-state index is -0.258. The molecule has 2 aliphatic heterocycles. The maximum atomic E-state index is 13.5. The summed E-state index contributed by atoms with van der Waals surface area (Å²) in [5.41, 5.74) is 2.84. The molecule has 1 aliphatic carbocycles. The van der Waals surface area contributed by atoms with Crippen LogP contribution in [0, 0.1) is 5.92 Å². The Morgan fingerprint density at radius 1 is 1.04 bits per heavy atom. The summed E-state index contributed by atoms with van der Waals surface area (Å²) in [4.78, 5) is 31.4. The van der Waals surface area contributed by atoms with Gasteiger partial charge in [-0.1, -0.05) is 41.9 Å². The Morgan fingerprint density at radius 3 is 2.64 bits per heavy atom. The van der Waals surface area contributed by atoms with Crippen LogP contribution in [-0.4, -0.2) is 22.2 Å². The third-order valence-corrected chi connectivity index (χ3v) is 7.37. The molecule has 0 N–H and O–H groups in total. The molecule has 0 radical (unpaired) electrons. The second-order valence-electron chi connectivity index (χ2n) is 7.34. The number of hydrogen-bond donors (Lipinski definition) is 0. The third-order valence-electron chi connectivity index (χ3n) is 5.62. The zero-order chi connectivity index (χ0) is 19.3. The molecule has 4 nitrogen and oxygen atoms in total. The number of hydrogen-bond acceptors (Lipinski definition) is 3. The number of urea groups is 1. The van der Waals surface area contributed by atoms with Crippen LogP contribution in [0.4, 0.5) is 10.5 Å². The Hall–Kier alpha value is -2.24. The van der Waals surface area contributed by atoms with Gasteiger partial charge < -0.3 is 4.90 Å². The van der Waals surface area contributed by atoms with E-state index in [2.05, 4.69) is 0 Å². The van der Waals surface area contributed by atoms with Gasteiger partial charge in [-0.3, -0.25) is 4.79 Å². The minimum absolute atomic E-state index is 0.0945. The van der Waals surface area contributed by atoms with E-state index in [0.717, 1.165) is 24.8 Å². The van der Waals surface area contributed by atoms with Crippen molar-refractivity contribution in [1.82, 2.24) is 4.90 Å². The van der Waals surface area contributed by atoms with Gasteiger partial charge in [0.2, 0.25) is 5.91 Å². The molecule has 0 aromatic heterocycles. The van der Waals surface area contributed by atoms with Gasteiger partial charge in [0, 0.05) is 11.6 Å². The average molecular weight is 411 g/mol. The number of carbonyl (C=O) groups is 2. The number of carbonyl (C=O) groups excluding carboxylic acids is 2. The van der Waals surface area contributed by atoms with Crippen LogP contribution >= 0.6 is 23.4 Å². The average Bonchev–Trinajstić information content (AvgIpc) is 3.27. The molecule has 6 heteroatoms. The van der Waals surface area contributed by atoms with E-state index in [1.54, 1.807) is 11.8 Å². The highest BCUT2D eigenvalue weighted by Crippen LogP contribution is 2.54. The van der Waals surface area contributed by atoms with Crippen LogP contribution in [0.2, 0.25) is 5.02 Å². The smallest absolute Gasteiger partial charge is 0.306 e. The number of fused-ring (bicyclic) bond motifs is 2. The van der Waals surface area contributed by atoms with E-state index in [-0.39, 0.29) is 23.2 Å². The van der Waals surface area contributed by atoms with E-state index in [4.69, 9.17) is 11.6 Å². The quantitative estimate of drug-likeness (QED) is 0.676. The first kappa shape index (κ1) is 17.8. The second kappa shape index (κ2) is 6.98. The number of anilines is 1. The first-order valence-electron chi connectivity index (χ1n) is 9.46. The zero-order valence-electron chi connectivity index (χ0n) is 15.2. The molecule has 1 fully saturated rings. The topological polar surface area (TPSA) is 40.6 Å². The lowest BCUT2D eigenvalue weighted by molar-refractivity contribution is -0.122. The van der Waals surface area contributed by atoms with Gasteiger partial charge in [-0.25, -0.2) is 9.69 Å². The van der Waals surface area contributed by atoms with E-state index >= 15 is 0 Å². The zero-order valence-corrected chi connectivity index (χ0v) is 16.7. The summed E-state index contributed by atoms with van der Waals surface area (Å²) in [6.07, 6.45) is 3.07. The monoisotopic (exact) mass is 410 g/mol. The van der Waals surface area contributed by atoms with Gasteiger partial charge in [-0.15, -0.1) is 11.8 Å². The van der Waals surface area contributed by atoms with Crippen LogP contribution in [0.5, 0.6) is 0 Å². The molecule has 3 amide bonds. The van der Waals surface area contributed by atoms with Crippen molar-refractivity contribution in [2.45, 2.75) is 31.2 Å². The first-order valence-corrected chi connectivity index (χ1v) is 10.7. The van der Waals surface area contributed by atoms with E-state index in [1.807, 2.05) is 59.5 Å². The Morgan fingerprint density at radius 2 is 1.86 bits per heavy atom. The maximum Gasteiger partial charge on any atom is 0.332 e. The van der Waals surface area contributed by atoms with Crippen LogP contribution in [0.3, 0.4) is 0 Å². The van der Waals surface area contributed by atoms with Crippen molar-refractivity contribution in [1.29, 1.82) is 0 Å². The predicted octanol–water partition coefficient (Wildman–Crippen LogP) is 5.44. The van der Waals surface area contributed by atoms with Crippen LogP contribution in [0.15, 0.2) is 65.1 Å². The van der Waals surface area contributed by atoms with E-state index in [9.17, 15) is 9.59 Å². The van der Waals surface area contributed by atoms with Crippen LogP contribution in [0.1, 0.15) is 24.8 Å². The summed E-state index contributed by atoms with van der Waals surface area (Å²) in [6, 6.07) is 16.5. The number of para-hydroxylation sites is 1. The fourth-order valence-corrected chi connectivity index (χ4v) is 6.23. The molecular weight excluding hydrogens is 392 g/mol. The number of allylic oxidation sites excluding steroid dienone is 1. The van der Waals surface area contributed by atoms with E-state index in [1.165, 1.54) is 15.4 Å². The first-order chi connectivity index (χ1) is 13.6. The Kier molecular flexibility index (Phi) is 4.44. The highest BCUT2D eigenvalue weighted by atomic mass is 35.5. The number of rotatable bonds is 3. The van der Waals surface area contributed by atoms with Gasteiger partial charge in [-0.2, -0.15) is 0 Å². The van der Waals surface area contributed by atoms with Crippen LogP contribution in [-0.2, 0) is 11.3 Å². The number of amides is 3. The van der Waals surface area contributed by atoms with Crippen molar-refractivity contribution >= 4 is 41.0 Å². The summed E-state index contributed by atoms with van der Waals surface area (Å²) in [5.74, 6) is -0.345. The van der Waals surface area contributed by atoms with E-state index in [0.29, 0.717) is 17.3 Å². The molecule has 2 atom stereocenters. The molecule has 0 bridgehead atoms. The SMILES string of the molecule is O=C1C2C3=C(CCC3)SC2N(Cc2cccc(Cl)c2)C(=O)N1c1ccccc1. The molecule has 142 valence electrons. The van der Waals surface area contributed by atoms with Crippen molar-refractivity contribution in [3.05, 3.63) is 75.7 Å². The summed E-state index contributed by atoms with van der Waals surface area (Å²) < 4.78 is 0. The van der Waals surface area contributed by atoms with Crippen molar-refractivity contribution in [3.8, 4) is 0 Å². The molecule has 2 aromatic carbocycles. The highest BCUT2D eigenvalue weighted by Gasteiger charge is 2.53. The molecule has 0 spiro atoms. The van der Waals surface area contributed by atoms with E-state index < -0.39 is 0 Å². The normalized spacial score (nSPS) is 24.0. The standard InChI is InChI=1S/C22H19ClN2O2S/c23-15-7-4-6-14(12-15)13-24-21-19(17-10-5-11-18(17)28-21)20(26)25(22(24)27)16-8-2-1-3-9-16/h1-4,6-9,12,19,21H,5,10-11,13H2. The van der Waals surface area contributed by atoms with Gasteiger partial charge >= 0.3 is 6.03 Å². The fourth-order valence-electron chi connectivity index (χ4n) is 4.38. The largest absolute Gasteiger partial charge is 0.332 e. The number of imide groups is 1. The van der Waals surface area contributed by atoms with Crippen molar-refractivity contribution in [3.63, 3.8) is 0 Å². The number of nitrogens with zero attached hydrogens (tertiary/aromatic N) is 2. The molecule has 0 saturated carbocycles. The number of benzene rings is 2. The lowest BCUT2D eigenvalue weighted by atomic mass is 9.93. The van der Waals surface area contributed by atoms with Gasteiger partial charge in [-0.05, 0) is 59.6 Å². The second-order valence-corrected chi connectivity index (χ2v) is 8.99. The minimum Gasteiger partial charge on any atom is -0.306 e. The molecule has 3 aliphatic rings. The number of halogens is 1. The number of thioether (sulfide) groups is 1. The van der Waals surface area contributed by atoms with Gasteiger partial charge in [0.25, 0.3) is 0 Å². The van der Waals surface area contributed by atoms with Gasteiger partial charge in [0.05, 0.1) is 17.0 Å². The fraction of sp³-hybridized carbons (Fsp3) is 0.273. The van der Waals surface area contributed by atoms with Crippen LogP contribution < -0.4 is 4.90 Å². The predicted molar refractivity (Wildman–Crippen MR) is 112 cm³/mol. The van der Waals surface area contributed by atoms with Crippen LogP contribution in [0.25, 0.3) is 0 Å². The Balaban J connectivity index is 1.56. The molecule has 2 aromatic rings. The summed E-state index contributed by atoms with van der Waals surface area (Å²) in [7, 11) is 0. The van der Waals surface area contributed by atoms with Crippen molar-refractivity contribution in [2.75, 3.05) is 4.90 Å². The highest BCUT2D eigenvalue weighted by molar-refractivity contribution is 8.04. The van der Waals surface area contributed by atoms with Crippen molar-refractivity contribution in [2.24, 2.45) is 5.92 Å². The lowest BCUT2D eigenvalue weighted by Gasteiger charge is -2.42. The summed E-state index contributed by atoms with van der Waals surface area (Å²) in [6.45, 7) is 0.435. The summed E-state index contributed by atoms with van der Waals surface area (Å²) >= 11 is 7.86.